The van der Waals surface area contributed by atoms with Crippen LogP contribution in [0, 0.1) is 46.3 Å². The zero-order chi connectivity index (χ0) is 29.5. The Morgan fingerprint density at radius 3 is 1.10 bits per heavy atom. The highest BCUT2D eigenvalue weighted by atomic mass is 35.5. The van der Waals surface area contributed by atoms with Crippen molar-refractivity contribution < 1.29 is 0 Å². The van der Waals surface area contributed by atoms with Gasteiger partial charge < -0.3 is 0 Å². The maximum atomic E-state index is 7.51. The predicted octanol–water partition coefficient (Wildman–Crippen LogP) is 14.3. The molecule has 2 heteroatoms. The Morgan fingerprint density at radius 1 is 0.429 bits per heavy atom. The number of halogens is 2. The summed E-state index contributed by atoms with van der Waals surface area (Å²) in [6.07, 6.45) is 41.8. The molecule has 0 bridgehead atoms. The van der Waals surface area contributed by atoms with Crippen LogP contribution in [0.25, 0.3) is 0 Å². The molecule has 0 unspecified atom stereocenters. The molecule has 2 spiro atoms. The van der Waals surface area contributed by atoms with Crippen molar-refractivity contribution in [3.63, 3.8) is 0 Å². The fourth-order valence-corrected chi connectivity index (χ4v) is 12.6. The summed E-state index contributed by atoms with van der Waals surface area (Å²) in [5.41, 5.74) is 0.481. The highest BCUT2D eigenvalue weighted by molar-refractivity contribution is 6.50. The van der Waals surface area contributed by atoms with Gasteiger partial charge in [-0.1, -0.05) is 117 Å². The van der Waals surface area contributed by atoms with Gasteiger partial charge in [-0.15, -0.1) is 23.2 Å². The minimum atomic E-state index is -0.458. The number of unbranched alkanes of at least 4 members (excludes halogenated alkanes) is 8. The van der Waals surface area contributed by atoms with Crippen LogP contribution in [-0.4, -0.2) is 4.33 Å². The van der Waals surface area contributed by atoms with Gasteiger partial charge in [0.15, 0.2) is 0 Å². The fourth-order valence-electron chi connectivity index (χ4n) is 11.6. The summed E-state index contributed by atoms with van der Waals surface area (Å²) in [4.78, 5) is 0. The molecule has 5 aliphatic carbocycles. The number of rotatable bonds is 14. The second kappa shape index (κ2) is 15.9. The van der Waals surface area contributed by atoms with Crippen LogP contribution in [0.5, 0.6) is 0 Å². The SMILES string of the molecule is CCCCCCCC1CCC(C2CCC3(CC2)CC2(CCC(C4CCC(CCCCCCC)CC4)CC2)C3(Cl)Cl)CC1. The summed E-state index contributed by atoms with van der Waals surface area (Å²) in [5.74, 6) is 5.99. The van der Waals surface area contributed by atoms with E-state index in [-0.39, 0.29) is 10.8 Å². The van der Waals surface area contributed by atoms with Crippen LogP contribution in [0.4, 0.5) is 0 Å². The maximum Gasteiger partial charge on any atom is 0.129 e. The molecule has 0 atom stereocenters. The number of hydrogen-bond donors (Lipinski definition) is 0. The van der Waals surface area contributed by atoms with Gasteiger partial charge in [-0.05, 0) is 119 Å². The van der Waals surface area contributed by atoms with Gasteiger partial charge >= 0.3 is 0 Å². The van der Waals surface area contributed by atoms with E-state index in [4.69, 9.17) is 23.2 Å². The van der Waals surface area contributed by atoms with Crippen molar-refractivity contribution in [2.45, 2.75) is 204 Å². The summed E-state index contributed by atoms with van der Waals surface area (Å²) < 4.78 is -0.458. The molecule has 5 saturated carbocycles. The van der Waals surface area contributed by atoms with Gasteiger partial charge in [0, 0.05) is 10.8 Å². The van der Waals surface area contributed by atoms with E-state index in [1.807, 2.05) is 0 Å². The van der Waals surface area contributed by atoms with Gasteiger partial charge in [0.1, 0.15) is 4.33 Å². The third kappa shape index (κ3) is 7.75. The Kier molecular flexibility index (Phi) is 12.9. The maximum absolute atomic E-state index is 7.51. The molecule has 0 heterocycles. The Labute approximate surface area is 273 Å². The standard InChI is InChI=1S/C40H70Cl2/c1-3-5-7-9-11-13-32-15-19-34(20-16-32)36-23-27-38(28-24-36)31-39(40(38,41)42)29-25-37(26-30-39)35-21-17-33(18-22-35)14-12-10-8-6-4-2/h32-37H,3-31H2,1-2H3. The van der Waals surface area contributed by atoms with Crippen molar-refractivity contribution in [2.75, 3.05) is 0 Å². The van der Waals surface area contributed by atoms with E-state index in [1.165, 1.54) is 186 Å². The van der Waals surface area contributed by atoms with Gasteiger partial charge in [-0.3, -0.25) is 0 Å². The first-order chi connectivity index (χ1) is 20.4. The highest BCUT2D eigenvalue weighted by Crippen LogP contribution is 2.77. The Balaban J connectivity index is 0.990. The number of alkyl halides is 2. The van der Waals surface area contributed by atoms with Gasteiger partial charge in [0.2, 0.25) is 0 Å². The van der Waals surface area contributed by atoms with E-state index in [0.29, 0.717) is 0 Å². The van der Waals surface area contributed by atoms with Crippen molar-refractivity contribution in [2.24, 2.45) is 46.3 Å². The van der Waals surface area contributed by atoms with Crippen LogP contribution in [0.3, 0.4) is 0 Å². The average Bonchev–Trinajstić information content (AvgIpc) is 3.02. The molecule has 0 radical (unpaired) electrons. The van der Waals surface area contributed by atoms with Gasteiger partial charge in [-0.25, -0.2) is 0 Å². The molecule has 0 aromatic rings. The van der Waals surface area contributed by atoms with Gasteiger partial charge in [-0.2, -0.15) is 0 Å². The molecule has 0 nitrogen and oxygen atoms in total. The lowest BCUT2D eigenvalue weighted by atomic mass is 9.42. The van der Waals surface area contributed by atoms with Crippen LogP contribution in [-0.2, 0) is 0 Å². The first-order valence-corrected chi connectivity index (χ1v) is 20.6. The van der Waals surface area contributed by atoms with E-state index >= 15 is 0 Å². The summed E-state index contributed by atoms with van der Waals surface area (Å²) in [6.45, 7) is 4.65. The van der Waals surface area contributed by atoms with Crippen LogP contribution in [0.15, 0.2) is 0 Å². The molecule has 0 aromatic carbocycles. The quantitative estimate of drug-likeness (QED) is 0.134. The van der Waals surface area contributed by atoms with E-state index in [1.54, 1.807) is 0 Å². The Morgan fingerprint density at radius 2 is 0.762 bits per heavy atom. The Bertz CT molecular complexity index is 693. The Hall–Kier alpha value is 0.580. The van der Waals surface area contributed by atoms with Crippen molar-refractivity contribution in [1.29, 1.82) is 0 Å². The molecule has 0 aromatic heterocycles. The van der Waals surface area contributed by atoms with E-state index in [2.05, 4.69) is 13.8 Å². The molecule has 0 aliphatic heterocycles. The molecular formula is C40H70Cl2. The minimum absolute atomic E-state index is 0.240. The first-order valence-electron chi connectivity index (χ1n) is 19.8. The van der Waals surface area contributed by atoms with Crippen LogP contribution in [0.1, 0.15) is 200 Å². The zero-order valence-corrected chi connectivity index (χ0v) is 29.7. The lowest BCUT2D eigenvalue weighted by Crippen LogP contribution is -2.66. The molecule has 5 rings (SSSR count). The van der Waals surface area contributed by atoms with E-state index < -0.39 is 4.33 Å². The second-order valence-electron chi connectivity index (χ2n) is 17.0. The van der Waals surface area contributed by atoms with E-state index in [9.17, 15) is 0 Å². The van der Waals surface area contributed by atoms with Crippen molar-refractivity contribution in [1.82, 2.24) is 0 Å². The lowest BCUT2D eigenvalue weighted by molar-refractivity contribution is -0.122. The van der Waals surface area contributed by atoms with E-state index in [0.717, 1.165) is 35.5 Å². The van der Waals surface area contributed by atoms with Gasteiger partial charge in [0.25, 0.3) is 0 Å². The molecule has 5 aliphatic rings. The highest BCUT2D eigenvalue weighted by Gasteiger charge is 2.72. The molecule has 244 valence electrons. The normalized spacial score (nSPS) is 40.3. The molecule has 42 heavy (non-hydrogen) atoms. The summed E-state index contributed by atoms with van der Waals surface area (Å²) in [7, 11) is 0. The average molecular weight is 622 g/mol. The van der Waals surface area contributed by atoms with Crippen molar-refractivity contribution in [3.05, 3.63) is 0 Å². The second-order valence-corrected chi connectivity index (χ2v) is 18.3. The minimum Gasteiger partial charge on any atom is -0.100 e. The molecule has 5 fully saturated rings. The third-order valence-corrected chi connectivity index (χ3v) is 16.1. The summed E-state index contributed by atoms with van der Waals surface area (Å²) in [6, 6.07) is 0. The van der Waals surface area contributed by atoms with Crippen LogP contribution in [0.2, 0.25) is 0 Å². The molecule has 0 amide bonds. The summed E-state index contributed by atoms with van der Waals surface area (Å²) >= 11 is 15.0. The van der Waals surface area contributed by atoms with Crippen molar-refractivity contribution in [3.8, 4) is 0 Å². The molecular weight excluding hydrogens is 551 g/mol. The third-order valence-electron chi connectivity index (χ3n) is 14.5. The summed E-state index contributed by atoms with van der Waals surface area (Å²) in [5, 5.41) is 0. The van der Waals surface area contributed by atoms with Crippen LogP contribution < -0.4 is 0 Å². The smallest absolute Gasteiger partial charge is 0.100 e. The fraction of sp³-hybridized carbons (Fsp3) is 1.00. The lowest BCUT2D eigenvalue weighted by Gasteiger charge is -2.69. The monoisotopic (exact) mass is 620 g/mol. The predicted molar refractivity (Wildman–Crippen MR) is 185 cm³/mol. The zero-order valence-electron chi connectivity index (χ0n) is 28.2. The largest absolute Gasteiger partial charge is 0.129 e. The molecule has 0 saturated heterocycles. The first kappa shape index (κ1) is 33.9. The van der Waals surface area contributed by atoms with Crippen molar-refractivity contribution >= 4 is 23.2 Å². The molecule has 0 N–H and O–H groups in total. The topological polar surface area (TPSA) is 0 Å². The number of hydrogen-bond acceptors (Lipinski definition) is 0. The van der Waals surface area contributed by atoms with Gasteiger partial charge in [0.05, 0.1) is 0 Å². The van der Waals surface area contributed by atoms with Crippen LogP contribution >= 0.6 is 23.2 Å².